The molecule has 0 atom stereocenters. The molecule has 3 aromatic rings. The van der Waals surface area contributed by atoms with Gasteiger partial charge in [-0.2, -0.15) is 4.68 Å². The van der Waals surface area contributed by atoms with E-state index >= 15 is 0 Å². The first-order valence-electron chi connectivity index (χ1n) is 7.38. The standard InChI is InChI=1S/C16H16N6O2S/c1-24-13-4-2-11(3-5-13)14(23)10-21-16(25)22(15(17)20-21)19-12-6-8-18-9-7-12/h2-9H,10H2,1H3,(H2,17,20)(H,18,19). The van der Waals surface area contributed by atoms with Crippen molar-refractivity contribution in [2.24, 2.45) is 0 Å². The molecule has 0 fully saturated rings. The number of nitrogens with zero attached hydrogens (tertiary/aromatic N) is 4. The fraction of sp³-hybridized carbons (Fsp3) is 0.125. The van der Waals surface area contributed by atoms with Crippen LogP contribution in [-0.2, 0) is 6.54 Å². The Bertz CT molecular complexity index is 934. The van der Waals surface area contributed by atoms with E-state index in [0.29, 0.717) is 11.3 Å². The zero-order chi connectivity index (χ0) is 17.8. The van der Waals surface area contributed by atoms with Gasteiger partial charge in [0.1, 0.15) is 12.3 Å². The Morgan fingerprint density at radius 3 is 2.56 bits per heavy atom. The van der Waals surface area contributed by atoms with Crippen molar-refractivity contribution < 1.29 is 9.53 Å². The first-order valence-corrected chi connectivity index (χ1v) is 7.79. The van der Waals surface area contributed by atoms with E-state index < -0.39 is 0 Å². The van der Waals surface area contributed by atoms with E-state index in [1.165, 1.54) is 9.36 Å². The number of nitrogen functional groups attached to an aromatic ring is 1. The number of Topliss-reactive ketones (excluding diaryl/α,β-unsaturated/α-hetero) is 1. The molecule has 25 heavy (non-hydrogen) atoms. The van der Waals surface area contributed by atoms with Gasteiger partial charge in [-0.1, -0.05) is 0 Å². The third kappa shape index (κ3) is 3.66. The van der Waals surface area contributed by atoms with Crippen LogP contribution in [0.25, 0.3) is 0 Å². The minimum atomic E-state index is -0.132. The summed E-state index contributed by atoms with van der Waals surface area (Å²) in [6, 6.07) is 10.4. The molecule has 0 aliphatic rings. The maximum Gasteiger partial charge on any atom is 0.240 e. The molecule has 0 saturated carbocycles. The average molecular weight is 356 g/mol. The van der Waals surface area contributed by atoms with Crippen LogP contribution in [0.5, 0.6) is 5.75 Å². The highest BCUT2D eigenvalue weighted by molar-refractivity contribution is 7.71. The Morgan fingerprint density at radius 1 is 1.24 bits per heavy atom. The van der Waals surface area contributed by atoms with E-state index in [1.54, 1.807) is 55.9 Å². The summed E-state index contributed by atoms with van der Waals surface area (Å²) >= 11 is 5.35. The van der Waals surface area contributed by atoms with Gasteiger partial charge in [0.15, 0.2) is 5.78 Å². The number of ketones is 1. The second kappa shape index (κ2) is 7.14. The molecular weight excluding hydrogens is 340 g/mol. The van der Waals surface area contributed by atoms with Crippen LogP contribution in [0.3, 0.4) is 0 Å². The number of carbonyl (C=O) groups excluding carboxylic acids is 1. The summed E-state index contributed by atoms with van der Waals surface area (Å²) in [5.41, 5.74) is 10.2. The summed E-state index contributed by atoms with van der Waals surface area (Å²) in [7, 11) is 1.57. The van der Waals surface area contributed by atoms with Gasteiger partial charge in [0.25, 0.3) is 0 Å². The second-order valence-corrected chi connectivity index (χ2v) is 5.50. The Labute approximate surface area is 148 Å². The smallest absolute Gasteiger partial charge is 0.240 e. The molecule has 3 N–H and O–H groups in total. The van der Waals surface area contributed by atoms with Gasteiger partial charge in [-0.3, -0.25) is 15.2 Å². The number of methoxy groups -OCH3 is 1. The molecule has 8 nitrogen and oxygen atoms in total. The summed E-state index contributed by atoms with van der Waals surface area (Å²) in [5, 5.41) is 4.14. The molecule has 0 bridgehead atoms. The van der Waals surface area contributed by atoms with Crippen LogP contribution in [0.1, 0.15) is 10.4 Å². The quantitative estimate of drug-likeness (QED) is 0.515. The van der Waals surface area contributed by atoms with E-state index in [4.69, 9.17) is 22.7 Å². The zero-order valence-corrected chi connectivity index (χ0v) is 14.2. The summed E-state index contributed by atoms with van der Waals surface area (Å²) < 4.78 is 8.19. The van der Waals surface area contributed by atoms with E-state index in [-0.39, 0.29) is 23.0 Å². The van der Waals surface area contributed by atoms with Crippen molar-refractivity contribution in [3.63, 3.8) is 0 Å². The van der Waals surface area contributed by atoms with E-state index in [1.807, 2.05) is 0 Å². The van der Waals surface area contributed by atoms with Gasteiger partial charge in [-0.25, -0.2) is 4.68 Å². The molecule has 0 spiro atoms. The fourth-order valence-electron chi connectivity index (χ4n) is 2.19. The van der Waals surface area contributed by atoms with Crippen molar-refractivity contribution in [2.45, 2.75) is 6.54 Å². The molecule has 0 unspecified atom stereocenters. The number of rotatable bonds is 6. The third-order valence-electron chi connectivity index (χ3n) is 3.49. The van der Waals surface area contributed by atoms with Gasteiger partial charge in [0.05, 0.1) is 12.8 Å². The molecule has 0 saturated heterocycles. The normalized spacial score (nSPS) is 10.4. The average Bonchev–Trinajstić information content (AvgIpc) is 2.90. The lowest BCUT2D eigenvalue weighted by Crippen LogP contribution is -2.14. The first kappa shape index (κ1) is 16.7. The van der Waals surface area contributed by atoms with Crippen molar-refractivity contribution in [3.05, 3.63) is 59.1 Å². The van der Waals surface area contributed by atoms with Crippen LogP contribution in [0.4, 0.5) is 11.6 Å². The number of hydrogen-bond acceptors (Lipinski definition) is 7. The lowest BCUT2D eigenvalue weighted by Gasteiger charge is -2.07. The summed E-state index contributed by atoms with van der Waals surface area (Å²) in [6.45, 7) is -0.0135. The van der Waals surface area contributed by atoms with Crippen molar-refractivity contribution >= 4 is 29.6 Å². The number of ether oxygens (including phenoxy) is 1. The number of anilines is 2. The van der Waals surface area contributed by atoms with E-state index in [0.717, 1.165) is 5.69 Å². The number of benzene rings is 1. The number of aromatic nitrogens is 4. The monoisotopic (exact) mass is 356 g/mol. The van der Waals surface area contributed by atoms with Crippen LogP contribution >= 0.6 is 12.2 Å². The van der Waals surface area contributed by atoms with Crippen LogP contribution in [0, 0.1) is 4.77 Å². The van der Waals surface area contributed by atoms with Gasteiger partial charge in [0.2, 0.25) is 10.7 Å². The number of nitrogens with one attached hydrogen (secondary N) is 1. The predicted molar refractivity (Wildman–Crippen MR) is 96.0 cm³/mol. The van der Waals surface area contributed by atoms with Gasteiger partial charge in [-0.15, -0.1) is 5.10 Å². The molecule has 3 rings (SSSR count). The largest absolute Gasteiger partial charge is 0.497 e. The molecule has 2 heterocycles. The van der Waals surface area contributed by atoms with Crippen molar-refractivity contribution in [1.29, 1.82) is 0 Å². The van der Waals surface area contributed by atoms with Crippen molar-refractivity contribution in [3.8, 4) is 5.75 Å². The second-order valence-electron chi connectivity index (χ2n) is 5.13. The van der Waals surface area contributed by atoms with Crippen molar-refractivity contribution in [2.75, 3.05) is 18.3 Å². The molecule has 128 valence electrons. The van der Waals surface area contributed by atoms with E-state index in [9.17, 15) is 4.79 Å². The molecular formula is C16H16N6O2S. The Balaban J connectivity index is 1.80. The Kier molecular flexibility index (Phi) is 4.75. The molecule has 0 aliphatic heterocycles. The van der Waals surface area contributed by atoms with Gasteiger partial charge >= 0.3 is 0 Å². The third-order valence-corrected chi connectivity index (χ3v) is 3.88. The van der Waals surface area contributed by atoms with Crippen molar-refractivity contribution in [1.82, 2.24) is 19.4 Å². The van der Waals surface area contributed by atoms with Crippen LogP contribution in [0.2, 0.25) is 0 Å². The fourth-order valence-corrected chi connectivity index (χ4v) is 2.44. The summed E-state index contributed by atoms with van der Waals surface area (Å²) in [4.78, 5) is 16.4. The first-order chi connectivity index (χ1) is 12.1. The van der Waals surface area contributed by atoms with Crippen LogP contribution < -0.4 is 15.9 Å². The predicted octanol–water partition coefficient (Wildman–Crippen LogP) is 2.16. The molecule has 0 amide bonds. The topological polar surface area (TPSA) is 100.0 Å². The lowest BCUT2D eigenvalue weighted by molar-refractivity contribution is 0.0967. The lowest BCUT2D eigenvalue weighted by atomic mass is 10.1. The van der Waals surface area contributed by atoms with Crippen LogP contribution in [0.15, 0.2) is 48.8 Å². The SMILES string of the molecule is COc1ccc(C(=O)Cn2nc(N)n(Nc3ccncc3)c2=S)cc1. The number of nitrogens with two attached hydrogens (primary N) is 1. The minimum Gasteiger partial charge on any atom is -0.497 e. The van der Waals surface area contributed by atoms with Gasteiger partial charge in [0, 0.05) is 18.0 Å². The molecule has 0 aliphatic carbocycles. The highest BCUT2D eigenvalue weighted by Gasteiger charge is 2.13. The Morgan fingerprint density at radius 2 is 1.92 bits per heavy atom. The Hall–Kier alpha value is -3.20. The zero-order valence-electron chi connectivity index (χ0n) is 13.4. The molecule has 2 aromatic heterocycles. The number of hydrogen-bond donors (Lipinski definition) is 2. The minimum absolute atomic E-state index is 0.0135. The number of pyridine rings is 1. The maximum absolute atomic E-state index is 12.4. The maximum atomic E-state index is 12.4. The summed E-state index contributed by atoms with van der Waals surface area (Å²) in [6.07, 6.45) is 3.28. The van der Waals surface area contributed by atoms with Crippen LogP contribution in [-0.4, -0.2) is 32.3 Å². The number of carbonyl (C=O) groups is 1. The molecule has 9 heteroatoms. The highest BCUT2D eigenvalue weighted by Crippen LogP contribution is 2.13. The van der Waals surface area contributed by atoms with Gasteiger partial charge in [-0.05, 0) is 48.6 Å². The highest BCUT2D eigenvalue weighted by atomic mass is 32.1. The van der Waals surface area contributed by atoms with Gasteiger partial charge < -0.3 is 10.5 Å². The van der Waals surface area contributed by atoms with E-state index in [2.05, 4.69) is 15.5 Å². The molecule has 0 radical (unpaired) electrons. The molecule has 1 aromatic carbocycles. The summed E-state index contributed by atoms with van der Waals surface area (Å²) in [5.74, 6) is 0.708.